The van der Waals surface area contributed by atoms with Gasteiger partial charge in [-0.15, -0.1) is 6.58 Å². The van der Waals surface area contributed by atoms with Gasteiger partial charge in [-0.1, -0.05) is 45.4 Å². The maximum atomic E-state index is 10.9. The summed E-state index contributed by atoms with van der Waals surface area (Å²) in [6.07, 6.45) is 8.59. The highest BCUT2D eigenvalue weighted by atomic mass is 16.3. The Morgan fingerprint density at radius 1 is 1.18 bits per heavy atom. The number of aliphatic hydroxyl groups excluding tert-OH is 2. The molecule has 2 fully saturated rings. The van der Waals surface area contributed by atoms with Gasteiger partial charge in [0, 0.05) is 11.8 Å². The summed E-state index contributed by atoms with van der Waals surface area (Å²) in [5.41, 5.74) is 1.50. The minimum atomic E-state index is -0.405. The second-order valence-electron chi connectivity index (χ2n) is 9.15. The summed E-state index contributed by atoms with van der Waals surface area (Å²) in [6, 6.07) is 0. The molecule has 0 aromatic carbocycles. The fourth-order valence-electron chi connectivity index (χ4n) is 5.77. The molecule has 0 radical (unpaired) electrons. The maximum Gasteiger partial charge on any atom is 0.0627 e. The Morgan fingerprint density at radius 2 is 1.86 bits per heavy atom. The van der Waals surface area contributed by atoms with E-state index in [1.165, 1.54) is 5.57 Å². The zero-order valence-electron chi connectivity index (χ0n) is 14.6. The van der Waals surface area contributed by atoms with Crippen molar-refractivity contribution in [3.63, 3.8) is 0 Å². The number of hydrogen-bond donors (Lipinski definition) is 2. The minimum Gasteiger partial charge on any atom is -0.392 e. The van der Waals surface area contributed by atoms with Gasteiger partial charge < -0.3 is 10.2 Å². The molecule has 3 aliphatic carbocycles. The van der Waals surface area contributed by atoms with Crippen molar-refractivity contribution in [2.75, 3.05) is 0 Å². The van der Waals surface area contributed by atoms with Gasteiger partial charge in [0.05, 0.1) is 12.2 Å². The SMILES string of the molecule is C=CC1(C)CCC2C(=CCC3C(C)(C)C(O)CC(O)C23C)C1. The van der Waals surface area contributed by atoms with E-state index in [1.807, 2.05) is 0 Å². The van der Waals surface area contributed by atoms with Crippen LogP contribution in [0, 0.1) is 28.1 Å². The van der Waals surface area contributed by atoms with Crippen LogP contribution in [0.25, 0.3) is 0 Å². The molecular formula is C20H32O2. The molecule has 0 spiro atoms. The van der Waals surface area contributed by atoms with Crippen LogP contribution in [0.5, 0.6) is 0 Å². The van der Waals surface area contributed by atoms with Crippen LogP contribution < -0.4 is 0 Å². The average molecular weight is 304 g/mol. The molecule has 3 rings (SSSR count). The molecule has 0 saturated heterocycles. The molecule has 3 aliphatic rings. The van der Waals surface area contributed by atoms with Crippen LogP contribution in [0.15, 0.2) is 24.3 Å². The molecule has 0 aliphatic heterocycles. The molecule has 22 heavy (non-hydrogen) atoms. The molecule has 0 amide bonds. The molecule has 0 heterocycles. The molecule has 2 nitrogen and oxygen atoms in total. The average Bonchev–Trinajstić information content (AvgIpc) is 2.45. The molecule has 0 aromatic heterocycles. The van der Waals surface area contributed by atoms with Crippen LogP contribution in [0.2, 0.25) is 0 Å². The molecule has 6 unspecified atom stereocenters. The fraction of sp³-hybridized carbons (Fsp3) is 0.800. The third kappa shape index (κ3) is 2.06. The van der Waals surface area contributed by atoms with Crippen molar-refractivity contribution < 1.29 is 10.2 Å². The van der Waals surface area contributed by atoms with E-state index < -0.39 is 12.2 Å². The van der Waals surface area contributed by atoms with Crippen molar-refractivity contribution in [3.05, 3.63) is 24.3 Å². The van der Waals surface area contributed by atoms with Gasteiger partial charge in [0.15, 0.2) is 0 Å². The fourth-order valence-corrected chi connectivity index (χ4v) is 5.77. The van der Waals surface area contributed by atoms with Gasteiger partial charge in [-0.25, -0.2) is 0 Å². The van der Waals surface area contributed by atoms with Crippen molar-refractivity contribution in [1.82, 2.24) is 0 Å². The predicted octanol–water partition coefficient (Wildman–Crippen LogP) is 4.08. The van der Waals surface area contributed by atoms with Gasteiger partial charge in [-0.3, -0.25) is 0 Å². The summed E-state index contributed by atoms with van der Waals surface area (Å²) in [7, 11) is 0. The summed E-state index contributed by atoms with van der Waals surface area (Å²) < 4.78 is 0. The van der Waals surface area contributed by atoms with Crippen molar-refractivity contribution >= 4 is 0 Å². The Morgan fingerprint density at radius 3 is 2.50 bits per heavy atom. The lowest BCUT2D eigenvalue weighted by Gasteiger charge is -2.62. The summed E-state index contributed by atoms with van der Waals surface area (Å²) in [4.78, 5) is 0. The maximum absolute atomic E-state index is 10.9. The van der Waals surface area contributed by atoms with E-state index >= 15 is 0 Å². The monoisotopic (exact) mass is 304 g/mol. The van der Waals surface area contributed by atoms with Crippen molar-refractivity contribution in [2.45, 2.75) is 72.0 Å². The van der Waals surface area contributed by atoms with E-state index in [1.54, 1.807) is 0 Å². The van der Waals surface area contributed by atoms with E-state index in [0.29, 0.717) is 18.3 Å². The molecule has 0 aromatic rings. The van der Waals surface area contributed by atoms with Crippen LogP contribution in [0.3, 0.4) is 0 Å². The zero-order chi connectivity index (χ0) is 16.3. The van der Waals surface area contributed by atoms with Crippen LogP contribution in [-0.4, -0.2) is 22.4 Å². The zero-order valence-corrected chi connectivity index (χ0v) is 14.6. The summed E-state index contributed by atoms with van der Waals surface area (Å²) in [6.45, 7) is 13.0. The van der Waals surface area contributed by atoms with E-state index in [2.05, 4.69) is 46.4 Å². The lowest BCUT2D eigenvalue weighted by Crippen LogP contribution is -2.61. The normalized spacial score (nSPS) is 50.5. The second kappa shape index (κ2) is 4.95. The smallest absolute Gasteiger partial charge is 0.0627 e. The van der Waals surface area contributed by atoms with Crippen LogP contribution in [-0.2, 0) is 0 Å². The largest absolute Gasteiger partial charge is 0.392 e. The number of allylic oxidation sites excluding steroid dienone is 3. The van der Waals surface area contributed by atoms with Crippen molar-refractivity contribution in [3.8, 4) is 0 Å². The molecule has 6 atom stereocenters. The lowest BCUT2D eigenvalue weighted by molar-refractivity contribution is -0.182. The first kappa shape index (κ1) is 16.3. The van der Waals surface area contributed by atoms with Gasteiger partial charge in [-0.2, -0.15) is 0 Å². The van der Waals surface area contributed by atoms with Crippen molar-refractivity contribution in [1.29, 1.82) is 0 Å². The molecule has 2 N–H and O–H groups in total. The first-order chi connectivity index (χ1) is 10.1. The van der Waals surface area contributed by atoms with Gasteiger partial charge in [0.2, 0.25) is 0 Å². The number of hydrogen-bond acceptors (Lipinski definition) is 2. The summed E-state index contributed by atoms with van der Waals surface area (Å²) in [5.74, 6) is 0.807. The first-order valence-corrected chi connectivity index (χ1v) is 8.84. The minimum absolute atomic E-state index is 0.102. The Kier molecular flexibility index (Phi) is 3.66. The summed E-state index contributed by atoms with van der Waals surface area (Å²) in [5, 5.41) is 21.4. The Balaban J connectivity index is 2.00. The lowest BCUT2D eigenvalue weighted by atomic mass is 9.44. The van der Waals surface area contributed by atoms with Crippen LogP contribution in [0.1, 0.15) is 59.8 Å². The first-order valence-electron chi connectivity index (χ1n) is 8.84. The van der Waals surface area contributed by atoms with Crippen LogP contribution in [0.4, 0.5) is 0 Å². The van der Waals surface area contributed by atoms with Crippen LogP contribution >= 0.6 is 0 Å². The van der Waals surface area contributed by atoms with Gasteiger partial charge in [0.25, 0.3) is 0 Å². The number of fused-ring (bicyclic) bond motifs is 3. The highest BCUT2D eigenvalue weighted by Crippen LogP contribution is 2.63. The molecule has 2 saturated carbocycles. The molecule has 0 bridgehead atoms. The molecule has 2 heteroatoms. The Labute approximate surface area is 135 Å². The van der Waals surface area contributed by atoms with E-state index in [4.69, 9.17) is 0 Å². The highest BCUT2D eigenvalue weighted by Gasteiger charge is 2.60. The predicted molar refractivity (Wildman–Crippen MR) is 90.4 cm³/mol. The summed E-state index contributed by atoms with van der Waals surface area (Å²) >= 11 is 0. The third-order valence-electron chi connectivity index (χ3n) is 7.59. The standard InChI is InChI=1S/C20H32O2/c1-6-19(4)10-9-14-13(12-19)7-8-15-18(2,3)16(21)11-17(22)20(14,15)5/h6-7,14-17,21-22H,1,8-12H2,2-5H3. The second-order valence-corrected chi connectivity index (χ2v) is 9.15. The quantitative estimate of drug-likeness (QED) is 0.717. The van der Waals surface area contributed by atoms with Crippen molar-refractivity contribution in [2.24, 2.45) is 28.1 Å². The van der Waals surface area contributed by atoms with E-state index in [9.17, 15) is 10.2 Å². The molecular weight excluding hydrogens is 272 g/mol. The number of rotatable bonds is 1. The van der Waals surface area contributed by atoms with E-state index in [-0.39, 0.29) is 16.2 Å². The number of aliphatic hydroxyl groups is 2. The van der Waals surface area contributed by atoms with Gasteiger partial charge >= 0.3 is 0 Å². The van der Waals surface area contributed by atoms with Gasteiger partial charge in [0.1, 0.15) is 0 Å². The Hall–Kier alpha value is -0.600. The molecule has 124 valence electrons. The highest BCUT2D eigenvalue weighted by molar-refractivity contribution is 5.26. The Bertz CT molecular complexity index is 506. The topological polar surface area (TPSA) is 40.5 Å². The van der Waals surface area contributed by atoms with E-state index in [0.717, 1.165) is 25.7 Å². The van der Waals surface area contributed by atoms with Gasteiger partial charge in [-0.05, 0) is 48.3 Å². The third-order valence-corrected chi connectivity index (χ3v) is 7.59.